The summed E-state index contributed by atoms with van der Waals surface area (Å²) in [4.78, 5) is 10.7. The second-order valence-electron chi connectivity index (χ2n) is 4.15. The standard InChI is InChI=1S/C14H18N4O/c1-18(10-8-15)14-16-9-7-12(17-14)11-5-3-4-6-13(11)19-2/h3-7,9H,8,10,15H2,1-2H3. The number of anilines is 1. The summed E-state index contributed by atoms with van der Waals surface area (Å²) in [5.74, 6) is 1.46. The smallest absolute Gasteiger partial charge is 0.225 e. The molecule has 1 aromatic carbocycles. The number of para-hydroxylation sites is 1. The molecule has 0 bridgehead atoms. The number of benzene rings is 1. The van der Waals surface area contributed by atoms with Crippen molar-refractivity contribution in [3.05, 3.63) is 36.5 Å². The third kappa shape index (κ3) is 3.00. The van der Waals surface area contributed by atoms with E-state index in [0.29, 0.717) is 12.5 Å². The topological polar surface area (TPSA) is 64.3 Å². The van der Waals surface area contributed by atoms with Gasteiger partial charge in [-0.1, -0.05) is 12.1 Å². The fourth-order valence-corrected chi connectivity index (χ4v) is 1.83. The maximum absolute atomic E-state index is 5.54. The molecule has 0 aliphatic rings. The van der Waals surface area contributed by atoms with Crippen LogP contribution in [-0.2, 0) is 0 Å². The average molecular weight is 258 g/mol. The molecule has 1 heterocycles. The molecular formula is C14H18N4O. The number of nitrogens with zero attached hydrogens (tertiary/aromatic N) is 3. The van der Waals surface area contributed by atoms with Gasteiger partial charge in [0, 0.05) is 31.9 Å². The lowest BCUT2D eigenvalue weighted by Crippen LogP contribution is -2.26. The molecule has 2 aromatic rings. The summed E-state index contributed by atoms with van der Waals surface area (Å²) in [5, 5.41) is 0. The summed E-state index contributed by atoms with van der Waals surface area (Å²) in [6, 6.07) is 9.67. The average Bonchev–Trinajstić information content (AvgIpc) is 2.47. The van der Waals surface area contributed by atoms with Gasteiger partial charge in [-0.2, -0.15) is 0 Å². The maximum Gasteiger partial charge on any atom is 0.225 e. The Morgan fingerprint density at radius 3 is 2.79 bits per heavy atom. The maximum atomic E-state index is 5.54. The van der Waals surface area contributed by atoms with Gasteiger partial charge in [0.1, 0.15) is 5.75 Å². The Bertz CT molecular complexity index is 544. The molecule has 0 spiro atoms. The summed E-state index contributed by atoms with van der Waals surface area (Å²) in [7, 11) is 3.58. The molecule has 0 radical (unpaired) electrons. The van der Waals surface area contributed by atoms with E-state index in [4.69, 9.17) is 10.5 Å². The van der Waals surface area contributed by atoms with E-state index in [0.717, 1.165) is 23.6 Å². The fraction of sp³-hybridized carbons (Fsp3) is 0.286. The van der Waals surface area contributed by atoms with Crippen LogP contribution in [0.3, 0.4) is 0 Å². The minimum absolute atomic E-state index is 0.568. The number of methoxy groups -OCH3 is 1. The molecule has 100 valence electrons. The van der Waals surface area contributed by atoms with Gasteiger partial charge in [-0.15, -0.1) is 0 Å². The van der Waals surface area contributed by atoms with Crippen LogP contribution in [0.25, 0.3) is 11.3 Å². The Morgan fingerprint density at radius 1 is 1.26 bits per heavy atom. The van der Waals surface area contributed by atoms with Crippen LogP contribution < -0.4 is 15.4 Å². The first-order valence-corrected chi connectivity index (χ1v) is 6.14. The number of hydrogen-bond acceptors (Lipinski definition) is 5. The van der Waals surface area contributed by atoms with Gasteiger partial charge in [0.05, 0.1) is 12.8 Å². The first kappa shape index (κ1) is 13.3. The first-order valence-electron chi connectivity index (χ1n) is 6.14. The van der Waals surface area contributed by atoms with E-state index >= 15 is 0 Å². The molecule has 5 nitrogen and oxygen atoms in total. The molecule has 2 N–H and O–H groups in total. The van der Waals surface area contributed by atoms with Gasteiger partial charge in [-0.25, -0.2) is 9.97 Å². The van der Waals surface area contributed by atoms with Gasteiger partial charge in [0.25, 0.3) is 0 Å². The van der Waals surface area contributed by atoms with E-state index in [9.17, 15) is 0 Å². The van der Waals surface area contributed by atoms with Gasteiger partial charge < -0.3 is 15.4 Å². The van der Waals surface area contributed by atoms with Crippen molar-refractivity contribution < 1.29 is 4.74 Å². The number of hydrogen-bond donors (Lipinski definition) is 1. The quantitative estimate of drug-likeness (QED) is 0.881. The molecule has 0 amide bonds. The zero-order valence-electron chi connectivity index (χ0n) is 11.2. The highest BCUT2D eigenvalue weighted by Gasteiger charge is 2.09. The predicted octanol–water partition coefficient (Wildman–Crippen LogP) is 1.55. The predicted molar refractivity (Wildman–Crippen MR) is 76.3 cm³/mol. The Hall–Kier alpha value is -2.14. The number of rotatable bonds is 5. The minimum Gasteiger partial charge on any atom is -0.496 e. The van der Waals surface area contributed by atoms with Crippen molar-refractivity contribution in [1.82, 2.24) is 9.97 Å². The molecule has 1 aromatic heterocycles. The number of ether oxygens (including phenoxy) is 1. The largest absolute Gasteiger partial charge is 0.496 e. The number of nitrogens with two attached hydrogens (primary N) is 1. The van der Waals surface area contributed by atoms with E-state index in [1.807, 2.05) is 42.3 Å². The van der Waals surface area contributed by atoms with Crippen LogP contribution in [0.1, 0.15) is 0 Å². The monoisotopic (exact) mass is 258 g/mol. The molecule has 0 aliphatic carbocycles. The lowest BCUT2D eigenvalue weighted by molar-refractivity contribution is 0.416. The van der Waals surface area contributed by atoms with Gasteiger partial charge in [0.15, 0.2) is 0 Å². The Balaban J connectivity index is 2.37. The Kier molecular flexibility index (Phi) is 4.30. The zero-order chi connectivity index (χ0) is 13.7. The van der Waals surface area contributed by atoms with Crippen molar-refractivity contribution in [3.63, 3.8) is 0 Å². The van der Waals surface area contributed by atoms with Crippen LogP contribution in [0.5, 0.6) is 5.75 Å². The Labute approximate surface area is 113 Å². The highest BCUT2D eigenvalue weighted by atomic mass is 16.5. The van der Waals surface area contributed by atoms with Gasteiger partial charge in [-0.3, -0.25) is 0 Å². The molecule has 0 saturated heterocycles. The van der Waals surface area contributed by atoms with Crippen LogP contribution in [0, 0.1) is 0 Å². The lowest BCUT2D eigenvalue weighted by atomic mass is 10.1. The van der Waals surface area contributed by atoms with Crippen molar-refractivity contribution in [2.24, 2.45) is 5.73 Å². The van der Waals surface area contributed by atoms with E-state index in [1.165, 1.54) is 0 Å². The molecule has 0 atom stereocenters. The molecule has 0 saturated carbocycles. The van der Waals surface area contributed by atoms with Crippen LogP contribution in [0.4, 0.5) is 5.95 Å². The normalized spacial score (nSPS) is 10.3. The van der Waals surface area contributed by atoms with Crippen molar-refractivity contribution in [2.75, 3.05) is 32.1 Å². The highest BCUT2D eigenvalue weighted by Crippen LogP contribution is 2.28. The second kappa shape index (κ2) is 6.15. The van der Waals surface area contributed by atoms with Gasteiger partial charge in [0.2, 0.25) is 5.95 Å². The van der Waals surface area contributed by atoms with Crippen molar-refractivity contribution >= 4 is 5.95 Å². The molecular weight excluding hydrogens is 240 g/mol. The van der Waals surface area contributed by atoms with E-state index < -0.39 is 0 Å². The third-order valence-corrected chi connectivity index (χ3v) is 2.83. The van der Waals surface area contributed by atoms with Crippen LogP contribution in [0.2, 0.25) is 0 Å². The van der Waals surface area contributed by atoms with Crippen LogP contribution in [0.15, 0.2) is 36.5 Å². The van der Waals surface area contributed by atoms with Gasteiger partial charge >= 0.3 is 0 Å². The molecule has 19 heavy (non-hydrogen) atoms. The van der Waals surface area contributed by atoms with Crippen LogP contribution in [-0.4, -0.2) is 37.2 Å². The molecule has 5 heteroatoms. The third-order valence-electron chi connectivity index (χ3n) is 2.83. The van der Waals surface area contributed by atoms with E-state index in [-0.39, 0.29) is 0 Å². The molecule has 0 aliphatic heterocycles. The summed E-state index contributed by atoms with van der Waals surface area (Å²) in [5.41, 5.74) is 7.34. The summed E-state index contributed by atoms with van der Waals surface area (Å²) >= 11 is 0. The zero-order valence-corrected chi connectivity index (χ0v) is 11.2. The second-order valence-corrected chi connectivity index (χ2v) is 4.15. The molecule has 2 rings (SSSR count). The lowest BCUT2D eigenvalue weighted by Gasteiger charge is -2.16. The summed E-state index contributed by atoms with van der Waals surface area (Å²) < 4.78 is 5.35. The summed E-state index contributed by atoms with van der Waals surface area (Å²) in [6.45, 7) is 1.29. The first-order chi connectivity index (χ1) is 9.26. The van der Waals surface area contributed by atoms with Gasteiger partial charge in [-0.05, 0) is 18.2 Å². The van der Waals surface area contributed by atoms with Crippen molar-refractivity contribution in [3.8, 4) is 17.0 Å². The highest BCUT2D eigenvalue weighted by molar-refractivity contribution is 5.67. The Morgan fingerprint density at radius 2 is 2.05 bits per heavy atom. The SMILES string of the molecule is COc1ccccc1-c1ccnc(N(C)CCN)n1. The minimum atomic E-state index is 0.568. The molecule has 0 fully saturated rings. The fourth-order valence-electron chi connectivity index (χ4n) is 1.83. The van der Waals surface area contributed by atoms with Crippen molar-refractivity contribution in [1.29, 1.82) is 0 Å². The van der Waals surface area contributed by atoms with Crippen molar-refractivity contribution in [2.45, 2.75) is 0 Å². The number of likely N-dealkylation sites (N-methyl/N-ethyl adjacent to an activating group) is 1. The molecule has 0 unspecified atom stereocenters. The number of aromatic nitrogens is 2. The van der Waals surface area contributed by atoms with Crippen LogP contribution >= 0.6 is 0 Å². The van der Waals surface area contributed by atoms with E-state index in [2.05, 4.69) is 9.97 Å². The van der Waals surface area contributed by atoms with E-state index in [1.54, 1.807) is 13.3 Å². The summed E-state index contributed by atoms with van der Waals surface area (Å²) in [6.07, 6.45) is 1.75.